The highest BCUT2D eigenvalue weighted by molar-refractivity contribution is 6.41. The van der Waals surface area contributed by atoms with Gasteiger partial charge in [0.05, 0.1) is 6.20 Å². The number of alkyl halides is 9. The number of halogens is 10. The van der Waals surface area contributed by atoms with E-state index in [1.54, 1.807) is 12.4 Å². The Labute approximate surface area is 284 Å². The summed E-state index contributed by atoms with van der Waals surface area (Å²) in [5, 5.41) is 10.3. The van der Waals surface area contributed by atoms with Gasteiger partial charge in [-0.25, -0.2) is 9.97 Å². The van der Waals surface area contributed by atoms with Crippen molar-refractivity contribution in [1.82, 2.24) is 19.9 Å². The lowest BCUT2D eigenvalue weighted by molar-refractivity contribution is -0.193. The van der Waals surface area contributed by atoms with E-state index in [-0.39, 0.29) is 0 Å². The van der Waals surface area contributed by atoms with Crippen molar-refractivity contribution in [2.75, 3.05) is 16.0 Å². The first-order valence-electron chi connectivity index (χ1n) is 13.8. The van der Waals surface area contributed by atoms with Crippen molar-refractivity contribution in [2.24, 2.45) is 0 Å². The number of aryl methyl sites for hydroxylation is 2. The van der Waals surface area contributed by atoms with Crippen LogP contribution in [-0.2, 0) is 27.2 Å². The van der Waals surface area contributed by atoms with Crippen LogP contribution in [0.25, 0.3) is 11.2 Å². The molecule has 1 aliphatic heterocycles. The van der Waals surface area contributed by atoms with Crippen LogP contribution in [0.15, 0.2) is 71.4 Å². The summed E-state index contributed by atoms with van der Waals surface area (Å²) in [6.45, 7) is 0. The Morgan fingerprint density at radius 3 is 2.12 bits per heavy atom. The van der Waals surface area contributed by atoms with Gasteiger partial charge in [0.2, 0.25) is 17.9 Å². The third-order valence-corrected chi connectivity index (χ3v) is 6.52. The van der Waals surface area contributed by atoms with Gasteiger partial charge in [0.1, 0.15) is 10.5 Å². The Morgan fingerprint density at radius 1 is 0.824 bits per heavy atom. The van der Waals surface area contributed by atoms with E-state index in [0.717, 1.165) is 35.5 Å². The van der Waals surface area contributed by atoms with Gasteiger partial charge in [-0.15, -0.1) is 0 Å². The number of aldehydes is 1. The SMILES string of the molecule is Clc1cnc2nc1Nc1ccc(Nc3nc4cccnc4o3)c(c1)CCc1cccc(c1)N2.O=C(C(=O)C(F)(F)F)C(F)(F)F.O=CC(F)(F)F. The fraction of sp³-hybridized carbons (Fsp3) is 0.167. The number of aromatic nitrogens is 4. The number of Topliss-reactive ketones (excluding diaryl/α,β-unsaturated/α-hetero) is 2. The predicted molar refractivity (Wildman–Crippen MR) is 163 cm³/mol. The predicted octanol–water partition coefficient (Wildman–Crippen LogP) is 7.99. The second kappa shape index (κ2) is 15.4. The minimum Gasteiger partial charge on any atom is -0.404 e. The summed E-state index contributed by atoms with van der Waals surface area (Å²) in [6, 6.07) is 18.4. The van der Waals surface area contributed by atoms with Crippen molar-refractivity contribution in [3.05, 3.63) is 83.1 Å². The average molecular weight is 748 g/mol. The molecule has 0 atom stereocenters. The minimum atomic E-state index is -5.77. The van der Waals surface area contributed by atoms with Gasteiger partial charge in [0.15, 0.2) is 5.82 Å². The summed E-state index contributed by atoms with van der Waals surface area (Å²) in [5.74, 6) is -5.81. The second-order valence-electron chi connectivity index (χ2n) is 10.00. The van der Waals surface area contributed by atoms with Crippen molar-refractivity contribution in [2.45, 2.75) is 31.4 Å². The third-order valence-electron chi connectivity index (χ3n) is 6.24. The number of anilines is 6. The highest BCUT2D eigenvalue weighted by Gasteiger charge is 2.54. The molecular formula is C30H19ClF9N7O4. The maximum Gasteiger partial charge on any atom is 0.458 e. The van der Waals surface area contributed by atoms with Crippen LogP contribution in [0.4, 0.5) is 74.4 Å². The van der Waals surface area contributed by atoms with E-state index in [0.29, 0.717) is 34.0 Å². The quantitative estimate of drug-likeness (QED) is 0.0936. The fourth-order valence-electron chi connectivity index (χ4n) is 4.06. The second-order valence-corrected chi connectivity index (χ2v) is 10.4. The number of carbonyl (C=O) groups is 3. The normalized spacial score (nSPS) is 12.5. The molecule has 6 bridgehead atoms. The van der Waals surface area contributed by atoms with Gasteiger partial charge < -0.3 is 20.4 Å². The van der Waals surface area contributed by atoms with E-state index in [1.165, 1.54) is 5.56 Å². The average Bonchev–Trinajstić information content (AvgIpc) is 3.47. The molecule has 0 amide bonds. The summed E-state index contributed by atoms with van der Waals surface area (Å²) >= 11 is 6.36. The molecule has 3 N–H and O–H groups in total. The number of pyridine rings is 1. The van der Waals surface area contributed by atoms with Crippen LogP contribution in [0.5, 0.6) is 0 Å². The Hall–Kier alpha value is -5.79. The van der Waals surface area contributed by atoms with Gasteiger partial charge in [0.25, 0.3) is 0 Å². The smallest absolute Gasteiger partial charge is 0.404 e. The van der Waals surface area contributed by atoms with E-state index in [9.17, 15) is 49.1 Å². The van der Waals surface area contributed by atoms with Crippen LogP contribution < -0.4 is 16.0 Å². The lowest BCUT2D eigenvalue weighted by Gasteiger charge is -2.14. The highest BCUT2D eigenvalue weighted by atomic mass is 35.5. The number of rotatable bonds is 3. The number of oxazole rings is 1. The zero-order valence-corrected chi connectivity index (χ0v) is 25.8. The summed E-state index contributed by atoms with van der Waals surface area (Å²) in [6.07, 6.45) is -12.3. The maximum atomic E-state index is 11.2. The van der Waals surface area contributed by atoms with E-state index < -0.39 is 36.4 Å². The summed E-state index contributed by atoms with van der Waals surface area (Å²) in [5.41, 5.74) is 6.19. The minimum absolute atomic E-state index is 0.401. The molecule has 0 fully saturated rings. The molecule has 0 spiro atoms. The number of hydrogen-bond acceptors (Lipinski definition) is 11. The van der Waals surface area contributed by atoms with Crippen molar-refractivity contribution < 1.29 is 58.3 Å². The molecule has 5 aromatic rings. The summed E-state index contributed by atoms with van der Waals surface area (Å²) < 4.78 is 104. The number of fused-ring (bicyclic) bond motifs is 7. The van der Waals surface area contributed by atoms with E-state index >= 15 is 0 Å². The first-order chi connectivity index (χ1) is 23.8. The molecule has 0 unspecified atom stereocenters. The Bertz CT molecular complexity index is 1990. The van der Waals surface area contributed by atoms with E-state index in [1.807, 2.05) is 36.4 Å². The monoisotopic (exact) mass is 747 g/mol. The molecule has 51 heavy (non-hydrogen) atoms. The molecule has 0 saturated heterocycles. The Kier molecular flexibility index (Phi) is 11.5. The van der Waals surface area contributed by atoms with Gasteiger partial charge in [0, 0.05) is 23.3 Å². The maximum absolute atomic E-state index is 11.2. The molecule has 0 aliphatic carbocycles. The van der Waals surface area contributed by atoms with Crippen LogP contribution in [-0.4, -0.2) is 56.3 Å². The number of nitrogens with one attached hydrogen (secondary N) is 3. The van der Waals surface area contributed by atoms with Crippen molar-refractivity contribution in [3.8, 4) is 0 Å². The first-order valence-corrected chi connectivity index (χ1v) is 14.2. The number of carbonyl (C=O) groups excluding carboxylic acids is 3. The molecule has 1 aliphatic rings. The fourth-order valence-corrected chi connectivity index (χ4v) is 4.20. The van der Waals surface area contributed by atoms with Gasteiger partial charge in [-0.3, -0.25) is 14.4 Å². The zero-order valence-electron chi connectivity index (χ0n) is 25.0. The number of nitrogens with zero attached hydrogens (tertiary/aromatic N) is 4. The van der Waals surface area contributed by atoms with E-state index in [2.05, 4.69) is 54.1 Å². The highest BCUT2D eigenvalue weighted by Crippen LogP contribution is 2.31. The number of benzene rings is 2. The molecule has 2 aromatic carbocycles. The molecular weight excluding hydrogens is 729 g/mol. The first kappa shape index (κ1) is 38.0. The van der Waals surface area contributed by atoms with Gasteiger partial charge in [-0.2, -0.15) is 49.5 Å². The zero-order chi connectivity index (χ0) is 37.6. The van der Waals surface area contributed by atoms with Crippen molar-refractivity contribution in [1.29, 1.82) is 0 Å². The van der Waals surface area contributed by atoms with Crippen molar-refractivity contribution >= 4 is 75.5 Å². The molecule has 3 aromatic heterocycles. The molecule has 11 nitrogen and oxygen atoms in total. The molecule has 4 heterocycles. The van der Waals surface area contributed by atoms with Crippen LogP contribution in [0.1, 0.15) is 11.1 Å². The standard InChI is InChI=1S/C24H18ClN7O.C4F6O2.C2HF3O/c25-18-13-27-23-29-16-4-1-3-14(11-16)6-7-15-12-17(28-21(18)32-23)8-9-19(15)30-24-31-20-5-2-10-26-22(20)33-24;5-3(6,7)1(11)2(12)4(8,9)10;3-2(4,5)1-6/h1-5,8-13H,6-7H2,(H,30,31)(H2,27,28,29,32);;1H. The van der Waals surface area contributed by atoms with Crippen LogP contribution in [0, 0.1) is 0 Å². The van der Waals surface area contributed by atoms with Crippen LogP contribution in [0.2, 0.25) is 5.02 Å². The molecule has 0 saturated carbocycles. The topological polar surface area (TPSA) is 152 Å². The lowest BCUT2D eigenvalue weighted by Crippen LogP contribution is -2.39. The molecule has 268 valence electrons. The number of ketones is 2. The lowest BCUT2D eigenvalue weighted by atomic mass is 10.0. The van der Waals surface area contributed by atoms with E-state index in [4.69, 9.17) is 20.8 Å². The van der Waals surface area contributed by atoms with Crippen LogP contribution in [0.3, 0.4) is 0 Å². The largest absolute Gasteiger partial charge is 0.458 e. The van der Waals surface area contributed by atoms with Crippen molar-refractivity contribution in [3.63, 3.8) is 0 Å². The molecule has 0 radical (unpaired) electrons. The number of hydrogen-bond donors (Lipinski definition) is 3. The summed E-state index contributed by atoms with van der Waals surface area (Å²) in [4.78, 5) is 45.5. The van der Waals surface area contributed by atoms with Gasteiger partial charge >= 0.3 is 36.1 Å². The Morgan fingerprint density at radius 2 is 1.49 bits per heavy atom. The third kappa shape index (κ3) is 10.8. The van der Waals surface area contributed by atoms with Gasteiger partial charge in [-0.1, -0.05) is 23.7 Å². The van der Waals surface area contributed by atoms with Gasteiger partial charge in [-0.05, 0) is 66.4 Å². The molecule has 21 heteroatoms. The van der Waals surface area contributed by atoms with Crippen LogP contribution >= 0.6 is 11.6 Å². The Balaban J connectivity index is 0.000000270. The summed E-state index contributed by atoms with van der Waals surface area (Å²) in [7, 11) is 0. The molecule has 6 rings (SSSR count).